The lowest BCUT2D eigenvalue weighted by Crippen LogP contribution is -2.47. The fourth-order valence-corrected chi connectivity index (χ4v) is 6.23. The third-order valence-electron chi connectivity index (χ3n) is 8.77. The number of nitrogens with zero attached hydrogens (tertiary/aromatic N) is 2. The van der Waals surface area contributed by atoms with Crippen molar-refractivity contribution in [2.24, 2.45) is 5.41 Å². The Kier molecular flexibility index (Phi) is 5.49. The molecule has 186 valence electrons. The van der Waals surface area contributed by atoms with Gasteiger partial charge in [-0.25, -0.2) is 9.59 Å². The summed E-state index contributed by atoms with van der Waals surface area (Å²) < 4.78 is 10.4. The molecule has 1 amide bonds. The van der Waals surface area contributed by atoms with E-state index in [9.17, 15) is 14.4 Å². The smallest absolute Gasteiger partial charge is 0.338 e. The van der Waals surface area contributed by atoms with Gasteiger partial charge in [0.2, 0.25) is 5.91 Å². The molecule has 0 radical (unpaired) electrons. The van der Waals surface area contributed by atoms with Gasteiger partial charge < -0.3 is 24.6 Å². The van der Waals surface area contributed by atoms with E-state index < -0.39 is 0 Å². The van der Waals surface area contributed by atoms with Crippen molar-refractivity contribution < 1.29 is 23.9 Å². The zero-order valence-electron chi connectivity index (χ0n) is 20.5. The fraction of sp³-hybridized carbons (Fsp3) is 0.593. The monoisotopic (exact) mass is 479 g/mol. The molecule has 1 N–H and O–H groups in total. The van der Waals surface area contributed by atoms with E-state index in [0.717, 1.165) is 55.7 Å². The Labute approximate surface area is 205 Å². The minimum Gasteiger partial charge on any atom is -0.457 e. The van der Waals surface area contributed by atoms with Gasteiger partial charge in [-0.1, -0.05) is 6.07 Å². The Morgan fingerprint density at radius 1 is 1.00 bits per heavy atom. The van der Waals surface area contributed by atoms with Crippen LogP contribution in [0.25, 0.3) is 0 Å². The lowest BCUT2D eigenvalue weighted by molar-refractivity contribution is -0.138. The van der Waals surface area contributed by atoms with Crippen molar-refractivity contribution in [3.8, 4) is 0 Å². The number of amides is 1. The highest BCUT2D eigenvalue weighted by Gasteiger charge is 2.50. The molecule has 1 aromatic rings. The standard InChI is InChI=1S/C27H33N3O5/c1-16-19(5-6-20-21(16)14-34-25(20)32)22(28-18-3-4-18)13-29-10-7-27(8-11-29)9-12-30(26(27)33)23-15-35-24(31)17(23)2/h5-6,18,22,28H,3-4,7-15H2,1-2H3. The van der Waals surface area contributed by atoms with Crippen LogP contribution in [-0.2, 0) is 25.7 Å². The SMILES string of the molecule is CC1=C(N2CCC3(CCN(CC(NC4CC4)c4ccc5c(c4C)COC5=O)CC3)C2=O)COC1=O. The van der Waals surface area contributed by atoms with E-state index in [-0.39, 0.29) is 35.9 Å². The number of likely N-dealkylation sites (tertiary alicyclic amines) is 2. The summed E-state index contributed by atoms with van der Waals surface area (Å²) in [6.07, 6.45) is 4.93. The van der Waals surface area contributed by atoms with Crippen molar-refractivity contribution in [3.05, 3.63) is 45.7 Å². The molecule has 0 bridgehead atoms. The maximum absolute atomic E-state index is 13.5. The molecule has 6 rings (SSSR count). The van der Waals surface area contributed by atoms with E-state index in [2.05, 4.69) is 23.2 Å². The molecule has 4 heterocycles. The summed E-state index contributed by atoms with van der Waals surface area (Å²) in [6.45, 7) is 7.73. The van der Waals surface area contributed by atoms with E-state index in [1.54, 1.807) is 6.92 Å². The fourth-order valence-electron chi connectivity index (χ4n) is 6.23. The molecular weight excluding hydrogens is 446 g/mol. The molecule has 4 aliphatic heterocycles. The first-order chi connectivity index (χ1) is 16.9. The molecule has 8 nitrogen and oxygen atoms in total. The van der Waals surface area contributed by atoms with Crippen molar-refractivity contribution in [1.82, 2.24) is 15.1 Å². The molecule has 0 aromatic heterocycles. The van der Waals surface area contributed by atoms with Gasteiger partial charge in [-0.3, -0.25) is 4.79 Å². The first kappa shape index (κ1) is 22.7. The van der Waals surface area contributed by atoms with Crippen LogP contribution in [0.4, 0.5) is 0 Å². The number of hydrogen-bond donors (Lipinski definition) is 1. The topological polar surface area (TPSA) is 88.2 Å². The number of piperidine rings is 1. The zero-order valence-corrected chi connectivity index (χ0v) is 20.5. The molecule has 1 aromatic carbocycles. The van der Waals surface area contributed by atoms with E-state index in [1.807, 2.05) is 11.0 Å². The predicted octanol–water partition coefficient (Wildman–Crippen LogP) is 2.60. The molecule has 1 aliphatic carbocycles. The number of carbonyl (C=O) groups is 3. The average molecular weight is 480 g/mol. The van der Waals surface area contributed by atoms with Crippen LogP contribution in [0.5, 0.6) is 0 Å². The number of ether oxygens (including phenoxy) is 2. The molecular formula is C27H33N3O5. The van der Waals surface area contributed by atoms with Crippen molar-refractivity contribution >= 4 is 17.8 Å². The van der Waals surface area contributed by atoms with E-state index in [4.69, 9.17) is 9.47 Å². The zero-order chi connectivity index (χ0) is 24.3. The van der Waals surface area contributed by atoms with E-state index >= 15 is 0 Å². The lowest BCUT2D eigenvalue weighted by Gasteiger charge is -2.39. The highest BCUT2D eigenvalue weighted by Crippen LogP contribution is 2.44. The summed E-state index contributed by atoms with van der Waals surface area (Å²) >= 11 is 0. The number of nitrogens with one attached hydrogen (secondary N) is 1. The number of hydrogen-bond acceptors (Lipinski definition) is 7. The van der Waals surface area contributed by atoms with Crippen LogP contribution in [0.1, 0.15) is 72.1 Å². The molecule has 1 atom stereocenters. The van der Waals surface area contributed by atoms with Crippen LogP contribution < -0.4 is 5.32 Å². The highest BCUT2D eigenvalue weighted by molar-refractivity contribution is 5.94. The molecule has 1 saturated carbocycles. The Morgan fingerprint density at radius 3 is 2.40 bits per heavy atom. The summed E-state index contributed by atoms with van der Waals surface area (Å²) in [5, 5.41) is 3.83. The summed E-state index contributed by atoms with van der Waals surface area (Å²) in [5.74, 6) is -0.371. The summed E-state index contributed by atoms with van der Waals surface area (Å²) in [4.78, 5) is 41.5. The first-order valence-corrected chi connectivity index (χ1v) is 12.8. The number of fused-ring (bicyclic) bond motifs is 1. The van der Waals surface area contributed by atoms with Crippen LogP contribution in [-0.4, -0.2) is 66.5 Å². The van der Waals surface area contributed by atoms with Gasteiger partial charge in [-0.2, -0.15) is 0 Å². The van der Waals surface area contributed by atoms with Gasteiger partial charge in [0.25, 0.3) is 0 Å². The number of cyclic esters (lactones) is 2. The number of rotatable bonds is 6. The van der Waals surface area contributed by atoms with Crippen molar-refractivity contribution in [2.75, 3.05) is 32.8 Å². The highest BCUT2D eigenvalue weighted by atomic mass is 16.5. The Balaban J connectivity index is 1.15. The maximum atomic E-state index is 13.5. The molecule has 1 spiro atoms. The van der Waals surface area contributed by atoms with Gasteiger partial charge in [0.1, 0.15) is 13.2 Å². The van der Waals surface area contributed by atoms with Crippen molar-refractivity contribution in [2.45, 2.75) is 64.6 Å². The normalized spacial score (nSPS) is 24.9. The second-order valence-electron chi connectivity index (χ2n) is 10.8. The second kappa shape index (κ2) is 8.45. The van der Waals surface area contributed by atoms with Crippen LogP contribution in [0.2, 0.25) is 0 Å². The van der Waals surface area contributed by atoms with Gasteiger partial charge in [0, 0.05) is 30.7 Å². The molecule has 3 fully saturated rings. The average Bonchev–Trinajstić information content (AvgIpc) is 3.40. The molecule has 5 aliphatic rings. The van der Waals surface area contributed by atoms with Gasteiger partial charge >= 0.3 is 11.9 Å². The summed E-state index contributed by atoms with van der Waals surface area (Å²) in [7, 11) is 0. The largest absolute Gasteiger partial charge is 0.457 e. The summed E-state index contributed by atoms with van der Waals surface area (Å²) in [6, 6.07) is 4.74. The molecule has 1 unspecified atom stereocenters. The van der Waals surface area contributed by atoms with Crippen LogP contribution in [0, 0.1) is 12.3 Å². The van der Waals surface area contributed by atoms with E-state index in [0.29, 0.717) is 30.3 Å². The first-order valence-electron chi connectivity index (χ1n) is 12.8. The number of esters is 2. The number of benzene rings is 1. The third kappa shape index (κ3) is 3.87. The molecule has 8 heteroatoms. The lowest BCUT2D eigenvalue weighted by atomic mass is 9.77. The van der Waals surface area contributed by atoms with Gasteiger partial charge in [-0.15, -0.1) is 0 Å². The Hall–Kier alpha value is -2.71. The van der Waals surface area contributed by atoms with Gasteiger partial charge in [0.15, 0.2) is 0 Å². The van der Waals surface area contributed by atoms with E-state index in [1.165, 1.54) is 18.4 Å². The third-order valence-corrected chi connectivity index (χ3v) is 8.77. The number of carbonyl (C=O) groups excluding carboxylic acids is 3. The molecule has 2 saturated heterocycles. The summed E-state index contributed by atoms with van der Waals surface area (Å²) in [5.41, 5.74) is 5.10. The van der Waals surface area contributed by atoms with Crippen LogP contribution >= 0.6 is 0 Å². The maximum Gasteiger partial charge on any atom is 0.338 e. The van der Waals surface area contributed by atoms with Crippen LogP contribution in [0.15, 0.2) is 23.4 Å². The minimum absolute atomic E-state index is 0.164. The van der Waals surface area contributed by atoms with Gasteiger partial charge in [0.05, 0.1) is 22.2 Å². The second-order valence-corrected chi connectivity index (χ2v) is 10.8. The quantitative estimate of drug-likeness (QED) is 0.628. The van der Waals surface area contributed by atoms with Crippen molar-refractivity contribution in [1.29, 1.82) is 0 Å². The Morgan fingerprint density at radius 2 is 1.71 bits per heavy atom. The minimum atomic E-state index is -0.323. The predicted molar refractivity (Wildman–Crippen MR) is 127 cm³/mol. The Bertz CT molecular complexity index is 1130. The van der Waals surface area contributed by atoms with Crippen LogP contribution in [0.3, 0.4) is 0 Å². The van der Waals surface area contributed by atoms with Crippen molar-refractivity contribution in [3.63, 3.8) is 0 Å². The molecule has 35 heavy (non-hydrogen) atoms. The van der Waals surface area contributed by atoms with Gasteiger partial charge in [-0.05, 0) is 76.2 Å².